The van der Waals surface area contributed by atoms with Gasteiger partial charge < -0.3 is 14.7 Å². The number of hydrogen-bond donors (Lipinski definition) is 1. The van der Waals surface area contributed by atoms with E-state index in [-0.39, 0.29) is 29.1 Å². The van der Waals surface area contributed by atoms with E-state index < -0.39 is 0 Å². The molecular weight excluding hydrogens is 258 g/mol. The maximum atomic E-state index is 12.4. The number of aromatic hydroxyl groups is 1. The van der Waals surface area contributed by atoms with Crippen molar-refractivity contribution in [1.82, 2.24) is 4.90 Å². The van der Waals surface area contributed by atoms with Gasteiger partial charge in [-0.25, -0.2) is 0 Å². The number of rotatable bonds is 2. The first kappa shape index (κ1) is 14.4. The van der Waals surface area contributed by atoms with Gasteiger partial charge in [0.2, 0.25) is 0 Å². The number of amides is 1. The van der Waals surface area contributed by atoms with Gasteiger partial charge in [-0.3, -0.25) is 9.59 Å². The second kappa shape index (κ2) is 5.94. The Balaban J connectivity index is 2.16. The molecule has 1 amide bonds. The molecule has 5 heteroatoms. The molecule has 1 aliphatic heterocycles. The number of esters is 1. The molecule has 0 unspecified atom stereocenters. The average molecular weight is 277 g/mol. The molecule has 0 spiro atoms. The molecule has 5 nitrogen and oxygen atoms in total. The summed E-state index contributed by atoms with van der Waals surface area (Å²) in [6.07, 6.45) is 1.49. The molecule has 1 atom stereocenters. The van der Waals surface area contributed by atoms with Crippen molar-refractivity contribution in [2.24, 2.45) is 5.92 Å². The summed E-state index contributed by atoms with van der Waals surface area (Å²) in [6, 6.07) is 5.09. The molecule has 1 aromatic carbocycles. The van der Waals surface area contributed by atoms with E-state index in [1.165, 1.54) is 7.11 Å². The Morgan fingerprint density at radius 3 is 2.85 bits per heavy atom. The van der Waals surface area contributed by atoms with Crippen LogP contribution in [0, 0.1) is 12.8 Å². The van der Waals surface area contributed by atoms with Crippen LogP contribution in [0.15, 0.2) is 18.2 Å². The quantitative estimate of drug-likeness (QED) is 0.836. The van der Waals surface area contributed by atoms with E-state index in [9.17, 15) is 14.7 Å². The minimum absolute atomic E-state index is 0.0118. The highest BCUT2D eigenvalue weighted by molar-refractivity contribution is 5.97. The Morgan fingerprint density at radius 1 is 1.40 bits per heavy atom. The van der Waals surface area contributed by atoms with Gasteiger partial charge in [0, 0.05) is 13.1 Å². The average Bonchev–Trinajstić information content (AvgIpc) is 2.48. The maximum Gasteiger partial charge on any atom is 0.310 e. The molecule has 1 N–H and O–H groups in total. The molecule has 1 aliphatic rings. The highest BCUT2D eigenvalue weighted by Gasteiger charge is 2.30. The van der Waals surface area contributed by atoms with Crippen LogP contribution in [-0.2, 0) is 9.53 Å². The summed E-state index contributed by atoms with van der Waals surface area (Å²) >= 11 is 0. The number of carbonyl (C=O) groups is 2. The smallest absolute Gasteiger partial charge is 0.310 e. The lowest BCUT2D eigenvalue weighted by Gasteiger charge is -2.31. The number of benzene rings is 1. The standard InChI is InChI=1S/C15H19NO4/c1-10-5-3-7-12(13(10)17)14(18)16-8-4-6-11(9-16)15(19)20-2/h3,5,7,11,17H,4,6,8-9H2,1-2H3/t11-/m0/s1. The SMILES string of the molecule is COC(=O)[C@H]1CCCN(C(=O)c2cccc(C)c2O)C1. The van der Waals surface area contributed by atoms with Gasteiger partial charge in [0.05, 0.1) is 18.6 Å². The Kier molecular flexibility index (Phi) is 4.27. The molecule has 0 aromatic heterocycles. The van der Waals surface area contributed by atoms with Crippen LogP contribution in [0.25, 0.3) is 0 Å². The number of ether oxygens (including phenoxy) is 1. The summed E-state index contributed by atoms with van der Waals surface area (Å²) in [7, 11) is 1.36. The van der Waals surface area contributed by atoms with Crippen molar-refractivity contribution in [3.63, 3.8) is 0 Å². The predicted molar refractivity (Wildman–Crippen MR) is 73.5 cm³/mol. The molecule has 1 fully saturated rings. The Hall–Kier alpha value is -2.04. The van der Waals surface area contributed by atoms with Crippen molar-refractivity contribution in [2.75, 3.05) is 20.2 Å². The fourth-order valence-electron chi connectivity index (χ4n) is 2.52. The third kappa shape index (κ3) is 2.76. The van der Waals surface area contributed by atoms with Crippen LogP contribution in [0.2, 0.25) is 0 Å². The van der Waals surface area contributed by atoms with Gasteiger partial charge >= 0.3 is 5.97 Å². The lowest BCUT2D eigenvalue weighted by Crippen LogP contribution is -2.42. The number of nitrogens with zero attached hydrogens (tertiary/aromatic N) is 1. The molecule has 1 heterocycles. The minimum atomic E-state index is -0.282. The summed E-state index contributed by atoms with van der Waals surface area (Å²) in [5.74, 6) is -0.780. The number of aryl methyl sites for hydroxylation is 1. The molecule has 0 radical (unpaired) electrons. The fourth-order valence-corrected chi connectivity index (χ4v) is 2.52. The predicted octanol–water partition coefficient (Wildman–Crippen LogP) is 1.73. The van der Waals surface area contributed by atoms with Gasteiger partial charge in [0.15, 0.2) is 0 Å². The number of phenols is 1. The van der Waals surface area contributed by atoms with Gasteiger partial charge in [0.1, 0.15) is 5.75 Å². The first-order valence-corrected chi connectivity index (χ1v) is 6.70. The molecular formula is C15H19NO4. The Labute approximate surface area is 118 Å². The number of phenolic OH excluding ortho intramolecular Hbond substituents is 1. The lowest BCUT2D eigenvalue weighted by molar-refractivity contribution is -0.146. The third-order valence-electron chi connectivity index (χ3n) is 3.71. The number of methoxy groups -OCH3 is 1. The van der Waals surface area contributed by atoms with E-state index in [1.54, 1.807) is 30.0 Å². The largest absolute Gasteiger partial charge is 0.507 e. The number of piperidine rings is 1. The zero-order chi connectivity index (χ0) is 14.7. The first-order valence-electron chi connectivity index (χ1n) is 6.70. The highest BCUT2D eigenvalue weighted by atomic mass is 16.5. The topological polar surface area (TPSA) is 66.8 Å². The van der Waals surface area contributed by atoms with Gasteiger partial charge in [-0.1, -0.05) is 12.1 Å². The van der Waals surface area contributed by atoms with Crippen molar-refractivity contribution < 1.29 is 19.4 Å². The molecule has 108 valence electrons. The second-order valence-electron chi connectivity index (χ2n) is 5.08. The maximum absolute atomic E-state index is 12.4. The van der Waals surface area contributed by atoms with Crippen LogP contribution in [-0.4, -0.2) is 42.1 Å². The van der Waals surface area contributed by atoms with Gasteiger partial charge in [-0.2, -0.15) is 0 Å². The van der Waals surface area contributed by atoms with Crippen molar-refractivity contribution in [2.45, 2.75) is 19.8 Å². The summed E-state index contributed by atoms with van der Waals surface area (Å²) in [5, 5.41) is 9.98. The van der Waals surface area contributed by atoms with Crippen LogP contribution in [0.3, 0.4) is 0 Å². The lowest BCUT2D eigenvalue weighted by atomic mass is 9.97. The normalized spacial score (nSPS) is 18.7. The van der Waals surface area contributed by atoms with Gasteiger partial charge in [0.25, 0.3) is 5.91 Å². The first-order chi connectivity index (χ1) is 9.54. The van der Waals surface area contributed by atoms with Gasteiger partial charge in [-0.15, -0.1) is 0 Å². The molecule has 20 heavy (non-hydrogen) atoms. The van der Waals surface area contributed by atoms with Crippen LogP contribution in [0.1, 0.15) is 28.8 Å². The van der Waals surface area contributed by atoms with E-state index in [4.69, 9.17) is 4.74 Å². The fraction of sp³-hybridized carbons (Fsp3) is 0.467. The monoisotopic (exact) mass is 277 g/mol. The van der Waals surface area contributed by atoms with Crippen LogP contribution >= 0.6 is 0 Å². The van der Waals surface area contributed by atoms with Crippen LogP contribution in [0.4, 0.5) is 0 Å². The summed E-state index contributed by atoms with van der Waals surface area (Å²) < 4.78 is 4.74. The van der Waals surface area contributed by atoms with E-state index in [2.05, 4.69) is 0 Å². The summed E-state index contributed by atoms with van der Waals surface area (Å²) in [5.41, 5.74) is 0.952. The zero-order valence-electron chi connectivity index (χ0n) is 11.8. The highest BCUT2D eigenvalue weighted by Crippen LogP contribution is 2.25. The Morgan fingerprint density at radius 2 is 2.15 bits per heavy atom. The van der Waals surface area contributed by atoms with E-state index in [0.29, 0.717) is 18.7 Å². The molecule has 1 aromatic rings. The minimum Gasteiger partial charge on any atom is -0.507 e. The van der Waals surface area contributed by atoms with Crippen molar-refractivity contribution in [3.8, 4) is 5.75 Å². The number of para-hydroxylation sites is 1. The van der Waals surface area contributed by atoms with Gasteiger partial charge in [-0.05, 0) is 31.4 Å². The van der Waals surface area contributed by atoms with E-state index >= 15 is 0 Å². The summed E-state index contributed by atoms with van der Waals surface area (Å²) in [6.45, 7) is 2.69. The third-order valence-corrected chi connectivity index (χ3v) is 3.71. The molecule has 2 rings (SSSR count). The number of carbonyl (C=O) groups excluding carboxylic acids is 2. The van der Waals surface area contributed by atoms with Crippen molar-refractivity contribution in [3.05, 3.63) is 29.3 Å². The van der Waals surface area contributed by atoms with Crippen molar-refractivity contribution in [1.29, 1.82) is 0 Å². The molecule has 0 bridgehead atoms. The van der Waals surface area contributed by atoms with Crippen LogP contribution in [0.5, 0.6) is 5.75 Å². The molecule has 1 saturated heterocycles. The van der Waals surface area contributed by atoms with Crippen molar-refractivity contribution >= 4 is 11.9 Å². The number of likely N-dealkylation sites (tertiary alicyclic amines) is 1. The molecule has 0 saturated carbocycles. The second-order valence-corrected chi connectivity index (χ2v) is 5.08. The Bertz CT molecular complexity index is 527. The molecule has 0 aliphatic carbocycles. The van der Waals surface area contributed by atoms with E-state index in [1.807, 2.05) is 0 Å². The van der Waals surface area contributed by atoms with Crippen LogP contribution < -0.4 is 0 Å². The number of hydrogen-bond acceptors (Lipinski definition) is 4. The summed E-state index contributed by atoms with van der Waals surface area (Å²) in [4.78, 5) is 25.6. The van der Waals surface area contributed by atoms with E-state index in [0.717, 1.165) is 12.8 Å². The zero-order valence-corrected chi connectivity index (χ0v) is 11.8.